The van der Waals surface area contributed by atoms with Crippen molar-refractivity contribution < 1.29 is 0 Å². The van der Waals surface area contributed by atoms with Crippen LogP contribution in [0.3, 0.4) is 0 Å². The van der Waals surface area contributed by atoms with E-state index in [-0.39, 0.29) is 5.69 Å². The maximum atomic E-state index is 12.5. The minimum absolute atomic E-state index is 0.132. The summed E-state index contributed by atoms with van der Waals surface area (Å²) >= 11 is 0. The quantitative estimate of drug-likeness (QED) is 0.785. The molecule has 0 aliphatic heterocycles. The van der Waals surface area contributed by atoms with Crippen LogP contribution in [0.15, 0.2) is 59.7 Å². The molecule has 3 rings (SSSR count). The van der Waals surface area contributed by atoms with Crippen LogP contribution in [-0.4, -0.2) is 21.4 Å². The molecule has 0 amide bonds. The Balaban J connectivity index is 1.84. The van der Waals surface area contributed by atoms with E-state index in [4.69, 9.17) is 0 Å². The molecule has 1 N–H and O–H groups in total. The van der Waals surface area contributed by atoms with Gasteiger partial charge in [-0.25, -0.2) is 14.0 Å². The average molecular weight is 308 g/mol. The minimum Gasteiger partial charge on any atom is -0.316 e. The van der Waals surface area contributed by atoms with E-state index in [2.05, 4.69) is 10.4 Å². The van der Waals surface area contributed by atoms with Crippen molar-refractivity contribution in [3.05, 3.63) is 82.0 Å². The Bertz CT molecular complexity index is 829. The van der Waals surface area contributed by atoms with Crippen molar-refractivity contribution in [3.63, 3.8) is 0 Å². The zero-order valence-corrected chi connectivity index (χ0v) is 13.4. The van der Waals surface area contributed by atoms with E-state index in [9.17, 15) is 4.79 Å². The smallest absolute Gasteiger partial charge is 0.316 e. The Morgan fingerprint density at radius 2 is 1.65 bits per heavy atom. The van der Waals surface area contributed by atoms with Gasteiger partial charge in [-0.05, 0) is 37.2 Å². The molecule has 1 aromatic heterocycles. The lowest BCUT2D eigenvalue weighted by Gasteiger charge is -2.04. The molecule has 5 heteroatoms. The Morgan fingerprint density at radius 1 is 1.00 bits per heavy atom. The molecule has 0 unspecified atom stereocenters. The summed E-state index contributed by atoms with van der Waals surface area (Å²) < 4.78 is 3.05. The molecule has 0 atom stereocenters. The highest BCUT2D eigenvalue weighted by atomic mass is 16.2. The second-order valence-corrected chi connectivity index (χ2v) is 5.62. The molecule has 23 heavy (non-hydrogen) atoms. The first-order chi connectivity index (χ1) is 11.2. The van der Waals surface area contributed by atoms with E-state index in [1.54, 1.807) is 10.9 Å². The van der Waals surface area contributed by atoms with Crippen LogP contribution in [-0.2, 0) is 13.1 Å². The van der Waals surface area contributed by atoms with Gasteiger partial charge in [0.25, 0.3) is 0 Å². The molecule has 0 radical (unpaired) electrons. The molecule has 3 aromatic rings. The summed E-state index contributed by atoms with van der Waals surface area (Å²) in [6.07, 6.45) is 1.57. The fourth-order valence-corrected chi connectivity index (χ4v) is 2.47. The topological polar surface area (TPSA) is 51.9 Å². The molecule has 0 saturated heterocycles. The Labute approximate surface area is 135 Å². The van der Waals surface area contributed by atoms with Crippen molar-refractivity contribution in [3.8, 4) is 5.69 Å². The summed E-state index contributed by atoms with van der Waals surface area (Å²) in [7, 11) is 1.91. The van der Waals surface area contributed by atoms with Crippen molar-refractivity contribution in [2.24, 2.45) is 0 Å². The third-order valence-electron chi connectivity index (χ3n) is 3.78. The van der Waals surface area contributed by atoms with Crippen LogP contribution < -0.4 is 11.0 Å². The molecule has 2 aromatic carbocycles. The van der Waals surface area contributed by atoms with Crippen molar-refractivity contribution in [1.82, 2.24) is 19.7 Å². The van der Waals surface area contributed by atoms with Crippen molar-refractivity contribution in [2.75, 3.05) is 7.05 Å². The lowest BCUT2D eigenvalue weighted by atomic mass is 10.1. The molecular weight excluding hydrogens is 288 g/mol. The number of hydrogen-bond donors (Lipinski definition) is 1. The minimum atomic E-state index is -0.132. The maximum Gasteiger partial charge on any atom is 0.350 e. The molecule has 0 saturated carbocycles. The number of nitrogens with one attached hydrogen (secondary N) is 1. The van der Waals surface area contributed by atoms with E-state index in [1.807, 2.05) is 62.5 Å². The van der Waals surface area contributed by atoms with Gasteiger partial charge in [-0.3, -0.25) is 0 Å². The van der Waals surface area contributed by atoms with E-state index in [1.165, 1.54) is 15.8 Å². The van der Waals surface area contributed by atoms with Crippen LogP contribution in [0.5, 0.6) is 0 Å². The molecule has 118 valence electrons. The van der Waals surface area contributed by atoms with Gasteiger partial charge in [0.15, 0.2) is 0 Å². The fourth-order valence-electron chi connectivity index (χ4n) is 2.47. The van der Waals surface area contributed by atoms with Crippen LogP contribution in [0.1, 0.15) is 16.7 Å². The first-order valence-electron chi connectivity index (χ1n) is 7.61. The van der Waals surface area contributed by atoms with Gasteiger partial charge >= 0.3 is 5.69 Å². The highest BCUT2D eigenvalue weighted by Crippen LogP contribution is 2.08. The van der Waals surface area contributed by atoms with Gasteiger partial charge in [0, 0.05) is 6.54 Å². The SMILES string of the molecule is CNCc1ccc(-n2cnn(Cc3ccc(C)cc3)c2=O)cc1. The van der Waals surface area contributed by atoms with Crippen LogP contribution in [0.25, 0.3) is 5.69 Å². The van der Waals surface area contributed by atoms with Crippen LogP contribution in [0.2, 0.25) is 0 Å². The van der Waals surface area contributed by atoms with Gasteiger partial charge in [0.2, 0.25) is 0 Å². The fraction of sp³-hybridized carbons (Fsp3) is 0.222. The Kier molecular flexibility index (Phi) is 4.39. The van der Waals surface area contributed by atoms with Crippen molar-refractivity contribution >= 4 is 0 Å². The third-order valence-corrected chi connectivity index (χ3v) is 3.78. The largest absolute Gasteiger partial charge is 0.350 e. The summed E-state index contributed by atoms with van der Waals surface area (Å²) in [5, 5.41) is 7.33. The second-order valence-electron chi connectivity index (χ2n) is 5.62. The van der Waals surface area contributed by atoms with E-state index in [0.29, 0.717) is 6.54 Å². The number of rotatable bonds is 5. The first kappa shape index (κ1) is 15.2. The Hall–Kier alpha value is -2.66. The third kappa shape index (κ3) is 3.40. The summed E-state index contributed by atoms with van der Waals surface area (Å²) in [5.74, 6) is 0. The van der Waals surface area contributed by atoms with Crippen LogP contribution in [0.4, 0.5) is 0 Å². The Morgan fingerprint density at radius 3 is 2.30 bits per heavy atom. The number of aromatic nitrogens is 3. The number of nitrogens with zero attached hydrogens (tertiary/aromatic N) is 3. The van der Waals surface area contributed by atoms with Gasteiger partial charge in [-0.2, -0.15) is 5.10 Å². The van der Waals surface area contributed by atoms with Gasteiger partial charge in [-0.15, -0.1) is 0 Å². The van der Waals surface area contributed by atoms with E-state index in [0.717, 1.165) is 17.8 Å². The highest BCUT2D eigenvalue weighted by Gasteiger charge is 2.07. The molecule has 5 nitrogen and oxygen atoms in total. The van der Waals surface area contributed by atoms with Gasteiger partial charge in [-0.1, -0.05) is 42.0 Å². The van der Waals surface area contributed by atoms with E-state index >= 15 is 0 Å². The predicted octanol–water partition coefficient (Wildman–Crippen LogP) is 2.11. The highest BCUT2D eigenvalue weighted by molar-refractivity contribution is 5.34. The summed E-state index contributed by atoms with van der Waals surface area (Å²) in [5.41, 5.74) is 4.13. The van der Waals surface area contributed by atoms with Gasteiger partial charge in [0.05, 0.1) is 12.2 Å². The molecule has 0 aliphatic carbocycles. The van der Waals surface area contributed by atoms with Crippen LogP contribution >= 0.6 is 0 Å². The van der Waals surface area contributed by atoms with Crippen molar-refractivity contribution in [1.29, 1.82) is 0 Å². The maximum absolute atomic E-state index is 12.5. The van der Waals surface area contributed by atoms with Gasteiger partial charge in [0.1, 0.15) is 6.33 Å². The summed E-state index contributed by atoms with van der Waals surface area (Å²) in [4.78, 5) is 12.5. The van der Waals surface area contributed by atoms with Gasteiger partial charge < -0.3 is 5.32 Å². The molecule has 0 aliphatic rings. The van der Waals surface area contributed by atoms with Crippen molar-refractivity contribution in [2.45, 2.75) is 20.0 Å². The monoisotopic (exact) mass is 308 g/mol. The molecular formula is C18H20N4O. The second kappa shape index (κ2) is 6.62. The van der Waals surface area contributed by atoms with Crippen LogP contribution in [0, 0.1) is 6.92 Å². The zero-order valence-electron chi connectivity index (χ0n) is 13.4. The lowest BCUT2D eigenvalue weighted by Crippen LogP contribution is -2.24. The molecule has 0 bridgehead atoms. The molecule has 0 fully saturated rings. The predicted molar refractivity (Wildman–Crippen MR) is 90.9 cm³/mol. The number of benzene rings is 2. The standard InChI is InChI=1S/C18H20N4O/c1-14-3-5-16(6-4-14)12-22-18(23)21(13-20-22)17-9-7-15(8-10-17)11-19-2/h3-10,13,19H,11-12H2,1-2H3. The summed E-state index contributed by atoms with van der Waals surface area (Å²) in [6, 6.07) is 16.0. The summed E-state index contributed by atoms with van der Waals surface area (Å²) in [6.45, 7) is 3.33. The average Bonchev–Trinajstić information content (AvgIpc) is 2.92. The molecule has 1 heterocycles. The first-order valence-corrected chi connectivity index (χ1v) is 7.61. The molecule has 0 spiro atoms. The zero-order chi connectivity index (χ0) is 16.2. The van der Waals surface area contributed by atoms with E-state index < -0.39 is 0 Å². The lowest BCUT2D eigenvalue weighted by molar-refractivity contribution is 0.653. The normalized spacial score (nSPS) is 10.9. The number of hydrogen-bond acceptors (Lipinski definition) is 3. The number of aryl methyl sites for hydroxylation is 1.